The molecule has 2 N–H and O–H groups in total. The summed E-state index contributed by atoms with van der Waals surface area (Å²) in [6, 6.07) is 6.05. The average Bonchev–Trinajstić information content (AvgIpc) is 2.48. The van der Waals surface area contributed by atoms with Crippen LogP contribution in [0.2, 0.25) is 0 Å². The predicted molar refractivity (Wildman–Crippen MR) is 78.6 cm³/mol. The highest BCUT2D eigenvalue weighted by molar-refractivity contribution is 7.89. The molecule has 1 heterocycles. The average molecular weight is 313 g/mol. The first-order valence-electron chi connectivity index (χ1n) is 6.57. The van der Waals surface area contributed by atoms with Crippen molar-refractivity contribution in [2.45, 2.75) is 11.0 Å². The molecular formula is C13H19N3O4S. The summed E-state index contributed by atoms with van der Waals surface area (Å²) in [4.78, 5) is 12.1. The first kappa shape index (κ1) is 15.9. The third-order valence-electron chi connectivity index (χ3n) is 3.12. The fourth-order valence-electron chi connectivity index (χ4n) is 1.88. The van der Waals surface area contributed by atoms with E-state index in [9.17, 15) is 13.2 Å². The lowest BCUT2D eigenvalue weighted by Crippen LogP contribution is -2.45. The van der Waals surface area contributed by atoms with Crippen LogP contribution >= 0.6 is 0 Å². The summed E-state index contributed by atoms with van der Waals surface area (Å²) in [6.07, 6.45) is -0.524. The van der Waals surface area contributed by atoms with E-state index in [2.05, 4.69) is 10.6 Å². The van der Waals surface area contributed by atoms with Crippen LogP contribution in [0.5, 0.6) is 0 Å². The standard InChI is InChI=1S/C13H19N3O4S/c1-16(2)21(18,19)11-5-3-10(4-6-11)15-13(17)12-9-14-7-8-20-12/h3-6,12,14H,7-9H2,1-2H3,(H,15,17). The Hall–Kier alpha value is -1.48. The van der Waals surface area contributed by atoms with E-state index in [1.165, 1.54) is 26.2 Å². The van der Waals surface area contributed by atoms with Crippen LogP contribution in [0.4, 0.5) is 5.69 Å². The number of hydrogen-bond acceptors (Lipinski definition) is 5. The van der Waals surface area contributed by atoms with Gasteiger partial charge in [0.05, 0.1) is 11.5 Å². The molecule has 8 heteroatoms. The Labute approximate surface area is 124 Å². The van der Waals surface area contributed by atoms with Crippen LogP contribution in [-0.4, -0.2) is 58.5 Å². The van der Waals surface area contributed by atoms with Crippen molar-refractivity contribution in [2.24, 2.45) is 0 Å². The number of nitrogens with zero attached hydrogens (tertiary/aromatic N) is 1. The summed E-state index contributed by atoms with van der Waals surface area (Å²) in [5, 5.41) is 5.78. The SMILES string of the molecule is CN(C)S(=O)(=O)c1ccc(NC(=O)C2CNCCO2)cc1. The normalized spacial score (nSPS) is 19.5. The molecule has 1 aromatic rings. The zero-order valence-electron chi connectivity index (χ0n) is 12.0. The van der Waals surface area contributed by atoms with Crippen LogP contribution in [0, 0.1) is 0 Å². The van der Waals surface area contributed by atoms with Gasteiger partial charge in [-0.25, -0.2) is 12.7 Å². The minimum absolute atomic E-state index is 0.182. The fraction of sp³-hybridized carbons (Fsp3) is 0.462. The van der Waals surface area contributed by atoms with E-state index in [0.29, 0.717) is 18.8 Å². The molecule has 0 aromatic heterocycles. The molecule has 21 heavy (non-hydrogen) atoms. The lowest BCUT2D eigenvalue weighted by atomic mass is 10.2. The monoisotopic (exact) mass is 313 g/mol. The van der Waals surface area contributed by atoms with Gasteiger partial charge in [0.25, 0.3) is 5.91 Å². The summed E-state index contributed by atoms with van der Waals surface area (Å²) >= 11 is 0. The molecule has 1 fully saturated rings. The third kappa shape index (κ3) is 3.79. The van der Waals surface area contributed by atoms with Crippen molar-refractivity contribution in [3.63, 3.8) is 0 Å². The first-order valence-corrected chi connectivity index (χ1v) is 8.01. The van der Waals surface area contributed by atoms with Gasteiger partial charge in [0, 0.05) is 32.9 Å². The van der Waals surface area contributed by atoms with E-state index in [-0.39, 0.29) is 10.8 Å². The van der Waals surface area contributed by atoms with E-state index >= 15 is 0 Å². The molecule has 7 nitrogen and oxygen atoms in total. The molecule has 1 saturated heterocycles. The topological polar surface area (TPSA) is 87.7 Å². The van der Waals surface area contributed by atoms with E-state index in [1.807, 2.05) is 0 Å². The molecule has 0 aliphatic carbocycles. The van der Waals surface area contributed by atoms with Gasteiger partial charge in [-0.2, -0.15) is 0 Å². The van der Waals surface area contributed by atoms with E-state index in [4.69, 9.17) is 4.74 Å². The van der Waals surface area contributed by atoms with Crippen molar-refractivity contribution < 1.29 is 17.9 Å². The quantitative estimate of drug-likeness (QED) is 0.808. The van der Waals surface area contributed by atoms with Crippen molar-refractivity contribution in [3.05, 3.63) is 24.3 Å². The first-order chi connectivity index (χ1) is 9.91. The largest absolute Gasteiger partial charge is 0.366 e. The Morgan fingerprint density at radius 1 is 1.33 bits per heavy atom. The maximum atomic E-state index is 12.0. The summed E-state index contributed by atoms with van der Waals surface area (Å²) in [6.45, 7) is 1.71. The number of hydrogen-bond donors (Lipinski definition) is 2. The van der Waals surface area contributed by atoms with Gasteiger partial charge < -0.3 is 15.4 Å². The van der Waals surface area contributed by atoms with Crippen molar-refractivity contribution in [1.82, 2.24) is 9.62 Å². The second-order valence-corrected chi connectivity index (χ2v) is 7.02. The van der Waals surface area contributed by atoms with Gasteiger partial charge in [-0.3, -0.25) is 4.79 Å². The van der Waals surface area contributed by atoms with E-state index in [0.717, 1.165) is 10.8 Å². The Morgan fingerprint density at radius 2 is 2.00 bits per heavy atom. The van der Waals surface area contributed by atoms with Gasteiger partial charge in [-0.1, -0.05) is 0 Å². The number of carbonyl (C=O) groups excluding carboxylic acids is 1. The molecule has 1 aromatic carbocycles. The minimum Gasteiger partial charge on any atom is -0.366 e. The molecule has 0 saturated carbocycles. The van der Waals surface area contributed by atoms with Crippen LogP contribution in [0.15, 0.2) is 29.2 Å². The summed E-state index contributed by atoms with van der Waals surface area (Å²) < 4.78 is 30.3. The zero-order chi connectivity index (χ0) is 15.5. The second kappa shape index (κ2) is 6.52. The molecule has 1 atom stereocenters. The minimum atomic E-state index is -3.46. The smallest absolute Gasteiger partial charge is 0.254 e. The van der Waals surface area contributed by atoms with Crippen LogP contribution in [0.25, 0.3) is 0 Å². The van der Waals surface area contributed by atoms with E-state index < -0.39 is 16.1 Å². The van der Waals surface area contributed by atoms with Crippen molar-refractivity contribution in [2.75, 3.05) is 39.1 Å². The Balaban J connectivity index is 2.04. The van der Waals surface area contributed by atoms with Crippen molar-refractivity contribution in [1.29, 1.82) is 0 Å². The van der Waals surface area contributed by atoms with Crippen molar-refractivity contribution >= 4 is 21.6 Å². The number of amides is 1. The number of sulfonamides is 1. The lowest BCUT2D eigenvalue weighted by Gasteiger charge is -2.22. The van der Waals surface area contributed by atoms with Gasteiger partial charge in [0.15, 0.2) is 0 Å². The number of morpholine rings is 1. The fourth-order valence-corrected chi connectivity index (χ4v) is 2.78. The number of carbonyl (C=O) groups is 1. The van der Waals surface area contributed by atoms with Gasteiger partial charge in [0.1, 0.15) is 6.10 Å². The zero-order valence-corrected chi connectivity index (χ0v) is 12.8. The number of anilines is 1. The number of rotatable bonds is 4. The predicted octanol–water partition coefficient (Wildman–Crippen LogP) is -0.136. The van der Waals surface area contributed by atoms with Crippen LogP contribution in [-0.2, 0) is 19.6 Å². The molecule has 1 aliphatic heterocycles. The molecule has 1 amide bonds. The third-order valence-corrected chi connectivity index (χ3v) is 4.95. The highest BCUT2D eigenvalue weighted by Crippen LogP contribution is 2.17. The molecule has 1 aliphatic rings. The van der Waals surface area contributed by atoms with Gasteiger partial charge in [-0.15, -0.1) is 0 Å². The highest BCUT2D eigenvalue weighted by Gasteiger charge is 2.22. The maximum absolute atomic E-state index is 12.0. The van der Waals surface area contributed by atoms with Crippen LogP contribution in [0.3, 0.4) is 0 Å². The molecule has 0 radical (unpaired) electrons. The van der Waals surface area contributed by atoms with Gasteiger partial charge >= 0.3 is 0 Å². The molecule has 116 valence electrons. The molecule has 0 bridgehead atoms. The number of benzene rings is 1. The van der Waals surface area contributed by atoms with Crippen LogP contribution in [0.1, 0.15) is 0 Å². The molecule has 2 rings (SSSR count). The van der Waals surface area contributed by atoms with E-state index in [1.54, 1.807) is 12.1 Å². The Morgan fingerprint density at radius 3 is 2.52 bits per heavy atom. The molecular weight excluding hydrogens is 294 g/mol. The summed E-state index contributed by atoms with van der Waals surface area (Å²) in [5.41, 5.74) is 0.534. The molecule has 1 unspecified atom stereocenters. The number of ether oxygens (including phenoxy) is 1. The second-order valence-electron chi connectivity index (χ2n) is 4.86. The van der Waals surface area contributed by atoms with Gasteiger partial charge in [-0.05, 0) is 24.3 Å². The summed E-state index contributed by atoms with van der Waals surface area (Å²) in [7, 11) is -0.515. The lowest BCUT2D eigenvalue weighted by molar-refractivity contribution is -0.128. The Bertz CT molecular complexity index is 592. The summed E-state index contributed by atoms with van der Waals surface area (Å²) in [5.74, 6) is -0.245. The molecule has 0 spiro atoms. The van der Waals surface area contributed by atoms with Crippen LogP contribution < -0.4 is 10.6 Å². The Kier molecular flexibility index (Phi) is 4.94. The number of nitrogens with one attached hydrogen (secondary N) is 2. The maximum Gasteiger partial charge on any atom is 0.254 e. The van der Waals surface area contributed by atoms with Crippen molar-refractivity contribution in [3.8, 4) is 0 Å². The highest BCUT2D eigenvalue weighted by atomic mass is 32.2. The van der Waals surface area contributed by atoms with Gasteiger partial charge in [0.2, 0.25) is 10.0 Å².